The molecule has 0 aliphatic heterocycles. The number of thioether (sulfide) groups is 2. The summed E-state index contributed by atoms with van der Waals surface area (Å²) in [5, 5.41) is 11.2. The molecular weight excluding hydrogens is 358 g/mol. The lowest BCUT2D eigenvalue weighted by molar-refractivity contribution is -0.113. The lowest BCUT2D eigenvalue weighted by Gasteiger charge is -2.12. The van der Waals surface area contributed by atoms with Gasteiger partial charge in [-0.2, -0.15) is 0 Å². The van der Waals surface area contributed by atoms with Gasteiger partial charge in [-0.1, -0.05) is 64.7 Å². The summed E-state index contributed by atoms with van der Waals surface area (Å²) in [6.07, 6.45) is 0. The van der Waals surface area contributed by atoms with Gasteiger partial charge in [0.25, 0.3) is 0 Å². The largest absolute Gasteiger partial charge is 0.325 e. The van der Waals surface area contributed by atoms with Crippen LogP contribution in [-0.4, -0.2) is 27.6 Å². The molecule has 0 atom stereocenters. The summed E-state index contributed by atoms with van der Waals surface area (Å²) in [5.41, 5.74) is 5.38. The second kappa shape index (κ2) is 8.69. The number of amides is 1. The number of hydrogen-bond acceptors (Lipinski definition) is 6. The van der Waals surface area contributed by atoms with Crippen LogP contribution in [0.5, 0.6) is 0 Å². The first-order chi connectivity index (χ1) is 11.3. The molecule has 1 heterocycles. The Hall–Kier alpha value is -1.31. The van der Waals surface area contributed by atoms with Crippen molar-refractivity contribution in [3.63, 3.8) is 0 Å². The summed E-state index contributed by atoms with van der Waals surface area (Å²) in [5.74, 6) is 1.14. The molecule has 0 radical (unpaired) electrons. The molecular formula is C17H21N3OS3. The summed E-state index contributed by atoms with van der Waals surface area (Å²) in [6.45, 7) is 11.9. The second-order valence-electron chi connectivity index (χ2n) is 5.69. The Morgan fingerprint density at radius 2 is 1.67 bits per heavy atom. The zero-order valence-corrected chi connectivity index (χ0v) is 16.8. The number of nitrogens with zero attached hydrogens (tertiary/aromatic N) is 2. The predicted molar refractivity (Wildman–Crippen MR) is 105 cm³/mol. The molecule has 0 unspecified atom stereocenters. The van der Waals surface area contributed by atoms with Gasteiger partial charge in [-0.15, -0.1) is 10.2 Å². The van der Waals surface area contributed by atoms with Crippen LogP contribution in [0.25, 0.3) is 0 Å². The fraction of sp³-hybridized carbons (Fsp3) is 0.353. The number of anilines is 1. The maximum atomic E-state index is 12.2. The molecule has 0 saturated carbocycles. The molecule has 4 nitrogen and oxygen atoms in total. The minimum atomic E-state index is -0.0265. The average molecular weight is 380 g/mol. The minimum Gasteiger partial charge on any atom is -0.325 e. The van der Waals surface area contributed by atoms with Crippen molar-refractivity contribution in [2.24, 2.45) is 0 Å². The fourth-order valence-electron chi connectivity index (χ4n) is 2.18. The molecule has 1 aromatic carbocycles. The quantitative estimate of drug-likeness (QED) is 0.550. The van der Waals surface area contributed by atoms with Crippen LogP contribution in [0.4, 0.5) is 5.69 Å². The van der Waals surface area contributed by atoms with Crippen LogP contribution in [0.15, 0.2) is 33.0 Å². The van der Waals surface area contributed by atoms with Crippen LogP contribution < -0.4 is 5.32 Å². The molecule has 128 valence electrons. The standard InChI is InChI=1S/C17H21N3OS3/c1-10(2)8-22-16-19-20-17(24-16)23-9-14(21)18-15-12(4)6-11(3)7-13(15)5/h6-7H,1,8-9H2,2-5H3,(H,18,21). The van der Waals surface area contributed by atoms with Crippen molar-refractivity contribution >= 4 is 46.5 Å². The van der Waals surface area contributed by atoms with E-state index in [1.54, 1.807) is 11.8 Å². The molecule has 0 spiro atoms. The first-order valence-corrected chi connectivity index (χ1v) is 10.2. The van der Waals surface area contributed by atoms with Gasteiger partial charge in [-0.3, -0.25) is 4.79 Å². The number of hydrogen-bond donors (Lipinski definition) is 1. The zero-order chi connectivity index (χ0) is 17.7. The summed E-state index contributed by atoms with van der Waals surface area (Å²) >= 11 is 4.55. The average Bonchev–Trinajstić information content (AvgIpc) is 2.94. The topological polar surface area (TPSA) is 54.9 Å². The molecule has 7 heteroatoms. The second-order valence-corrected chi connectivity index (χ2v) is 9.11. The third kappa shape index (κ3) is 5.65. The van der Waals surface area contributed by atoms with Gasteiger partial charge >= 0.3 is 0 Å². The van der Waals surface area contributed by atoms with Crippen molar-refractivity contribution in [1.82, 2.24) is 10.2 Å². The van der Waals surface area contributed by atoms with E-state index in [4.69, 9.17) is 0 Å². The van der Waals surface area contributed by atoms with Crippen LogP contribution in [0, 0.1) is 20.8 Å². The number of rotatable bonds is 7. The van der Waals surface area contributed by atoms with E-state index in [1.807, 2.05) is 20.8 Å². The van der Waals surface area contributed by atoms with Crippen LogP contribution in [0.1, 0.15) is 23.6 Å². The highest BCUT2D eigenvalue weighted by Gasteiger charge is 2.11. The molecule has 1 N–H and O–H groups in total. The number of benzene rings is 1. The van der Waals surface area contributed by atoms with E-state index in [0.29, 0.717) is 5.75 Å². The van der Waals surface area contributed by atoms with E-state index in [1.165, 1.54) is 28.7 Å². The Morgan fingerprint density at radius 3 is 2.21 bits per heavy atom. The summed E-state index contributed by atoms with van der Waals surface area (Å²) in [4.78, 5) is 12.2. The Labute approximate surface area is 155 Å². The van der Waals surface area contributed by atoms with Crippen molar-refractivity contribution in [3.05, 3.63) is 41.0 Å². The van der Waals surface area contributed by atoms with Gasteiger partial charge in [0, 0.05) is 11.4 Å². The van der Waals surface area contributed by atoms with Crippen molar-refractivity contribution in [2.45, 2.75) is 36.4 Å². The van der Waals surface area contributed by atoms with Crippen LogP contribution in [0.2, 0.25) is 0 Å². The van der Waals surface area contributed by atoms with Crippen molar-refractivity contribution in [1.29, 1.82) is 0 Å². The fourth-order valence-corrected chi connectivity index (χ4v) is 4.84. The summed E-state index contributed by atoms with van der Waals surface area (Å²) in [7, 11) is 0. The van der Waals surface area contributed by atoms with Gasteiger partial charge in [0.2, 0.25) is 5.91 Å². The molecule has 1 amide bonds. The molecule has 0 fully saturated rings. The molecule has 0 aliphatic carbocycles. The maximum absolute atomic E-state index is 12.2. The van der Waals surface area contributed by atoms with Crippen molar-refractivity contribution in [2.75, 3.05) is 16.8 Å². The normalized spacial score (nSPS) is 10.7. The van der Waals surface area contributed by atoms with Crippen LogP contribution in [-0.2, 0) is 4.79 Å². The number of aryl methyl sites for hydroxylation is 3. The third-order valence-electron chi connectivity index (χ3n) is 3.10. The van der Waals surface area contributed by atoms with Gasteiger partial charge in [0.15, 0.2) is 8.68 Å². The third-order valence-corrected chi connectivity index (χ3v) is 6.52. The Morgan fingerprint density at radius 1 is 1.12 bits per heavy atom. The maximum Gasteiger partial charge on any atom is 0.234 e. The zero-order valence-electron chi connectivity index (χ0n) is 14.3. The first kappa shape index (κ1) is 19.0. The van der Waals surface area contributed by atoms with Gasteiger partial charge < -0.3 is 5.32 Å². The molecule has 0 bridgehead atoms. The lowest BCUT2D eigenvalue weighted by atomic mass is 10.1. The highest BCUT2D eigenvalue weighted by atomic mass is 32.2. The highest BCUT2D eigenvalue weighted by Crippen LogP contribution is 2.30. The number of carbonyl (C=O) groups excluding carboxylic acids is 1. The van der Waals surface area contributed by atoms with Gasteiger partial charge in [-0.05, 0) is 38.8 Å². The van der Waals surface area contributed by atoms with Crippen LogP contribution in [0.3, 0.4) is 0 Å². The van der Waals surface area contributed by atoms with Crippen molar-refractivity contribution in [3.8, 4) is 0 Å². The summed E-state index contributed by atoms with van der Waals surface area (Å²) in [6, 6.07) is 4.15. The molecule has 0 saturated heterocycles. The van der Waals surface area contributed by atoms with E-state index in [2.05, 4.69) is 41.1 Å². The number of nitrogens with one attached hydrogen (secondary N) is 1. The predicted octanol–water partition coefficient (Wildman–Crippen LogP) is 4.86. The molecule has 24 heavy (non-hydrogen) atoms. The van der Waals surface area contributed by atoms with Gasteiger partial charge in [0.1, 0.15) is 0 Å². The molecule has 2 aromatic rings. The number of aromatic nitrogens is 2. The highest BCUT2D eigenvalue weighted by molar-refractivity contribution is 8.03. The Balaban J connectivity index is 1.89. The Kier molecular flexibility index (Phi) is 6.89. The van der Waals surface area contributed by atoms with E-state index in [9.17, 15) is 4.79 Å². The van der Waals surface area contributed by atoms with E-state index < -0.39 is 0 Å². The lowest BCUT2D eigenvalue weighted by Crippen LogP contribution is -2.15. The van der Waals surface area contributed by atoms with Gasteiger partial charge in [0.05, 0.1) is 5.75 Å². The van der Waals surface area contributed by atoms with Crippen molar-refractivity contribution < 1.29 is 4.79 Å². The number of carbonyl (C=O) groups is 1. The first-order valence-electron chi connectivity index (χ1n) is 7.46. The SMILES string of the molecule is C=C(C)CSc1nnc(SCC(=O)Nc2c(C)cc(C)cc2C)s1. The van der Waals surface area contributed by atoms with E-state index in [-0.39, 0.29) is 5.91 Å². The van der Waals surface area contributed by atoms with E-state index >= 15 is 0 Å². The van der Waals surface area contributed by atoms with Gasteiger partial charge in [-0.25, -0.2) is 0 Å². The van der Waals surface area contributed by atoms with E-state index in [0.717, 1.165) is 36.8 Å². The molecule has 1 aromatic heterocycles. The van der Waals surface area contributed by atoms with Crippen LogP contribution >= 0.6 is 34.9 Å². The summed E-state index contributed by atoms with van der Waals surface area (Å²) < 4.78 is 1.72. The molecule has 0 aliphatic rings. The monoisotopic (exact) mass is 379 g/mol. The minimum absolute atomic E-state index is 0.0265. The Bertz CT molecular complexity index is 732. The molecule has 2 rings (SSSR count). The smallest absolute Gasteiger partial charge is 0.234 e.